The molecule has 2 aromatic rings. The maximum absolute atomic E-state index is 11.6. The first-order valence-electron chi connectivity index (χ1n) is 6.60. The normalized spacial score (nSPS) is 13.5. The summed E-state index contributed by atoms with van der Waals surface area (Å²) >= 11 is 0. The van der Waals surface area contributed by atoms with Crippen LogP contribution in [0.1, 0.15) is 31.7 Å². The number of hydrogen-bond acceptors (Lipinski definition) is 2. The predicted octanol–water partition coefficient (Wildman–Crippen LogP) is 3.69. The van der Waals surface area contributed by atoms with Crippen molar-refractivity contribution in [3.8, 4) is 0 Å². The zero-order valence-corrected chi connectivity index (χ0v) is 12.3. The largest absolute Gasteiger partial charge is 0.480 e. The molecule has 0 aliphatic heterocycles. The molecule has 4 heteroatoms. The van der Waals surface area contributed by atoms with Crippen molar-refractivity contribution in [1.82, 2.24) is 0 Å². The molecule has 0 bridgehead atoms. The lowest BCUT2D eigenvalue weighted by molar-refractivity contribution is -0.144. The molecule has 0 saturated carbocycles. The monoisotopic (exact) mass is 293 g/mol. The number of nitrogens with two attached hydrogens (primary N) is 1. The molecule has 0 aromatic heterocycles. The lowest BCUT2D eigenvalue weighted by Crippen LogP contribution is -2.45. The molecule has 0 spiro atoms. The molecule has 0 radical (unpaired) electrons. The summed E-state index contributed by atoms with van der Waals surface area (Å²) in [6.45, 7) is 2.03. The maximum atomic E-state index is 11.6. The van der Waals surface area contributed by atoms with Crippen LogP contribution in [0.15, 0.2) is 42.5 Å². The van der Waals surface area contributed by atoms with Gasteiger partial charge in [-0.2, -0.15) is 0 Å². The molecule has 2 rings (SSSR count). The van der Waals surface area contributed by atoms with Gasteiger partial charge in [0, 0.05) is 0 Å². The number of hydrogen-bond donors (Lipinski definition) is 2. The summed E-state index contributed by atoms with van der Waals surface area (Å²) in [7, 11) is 0. The van der Waals surface area contributed by atoms with Gasteiger partial charge in [0.1, 0.15) is 5.54 Å². The fraction of sp³-hybridized carbons (Fsp3) is 0.312. The number of benzene rings is 2. The van der Waals surface area contributed by atoms with Crippen LogP contribution in [0, 0.1) is 0 Å². The third-order valence-electron chi connectivity index (χ3n) is 3.58. The summed E-state index contributed by atoms with van der Waals surface area (Å²) in [5.74, 6) is -0.961. The SMILES string of the molecule is CCCCC(N)(C(=O)O)c1cccc2ccccc12.Cl. The number of aliphatic carboxylic acids is 1. The number of unbranched alkanes of at least 4 members (excludes halogenated alkanes) is 1. The molecule has 2 aromatic carbocycles. The lowest BCUT2D eigenvalue weighted by Gasteiger charge is -2.26. The Labute approximate surface area is 125 Å². The van der Waals surface area contributed by atoms with Crippen LogP contribution >= 0.6 is 12.4 Å². The van der Waals surface area contributed by atoms with Crippen LogP contribution in [-0.4, -0.2) is 11.1 Å². The van der Waals surface area contributed by atoms with Gasteiger partial charge in [0.25, 0.3) is 0 Å². The summed E-state index contributed by atoms with van der Waals surface area (Å²) in [4.78, 5) is 11.6. The van der Waals surface area contributed by atoms with Crippen molar-refractivity contribution in [3.63, 3.8) is 0 Å². The van der Waals surface area contributed by atoms with Crippen molar-refractivity contribution in [3.05, 3.63) is 48.0 Å². The summed E-state index contributed by atoms with van der Waals surface area (Å²) in [5.41, 5.74) is 5.61. The van der Waals surface area contributed by atoms with Crippen LogP contribution < -0.4 is 5.73 Å². The minimum atomic E-state index is -1.31. The van der Waals surface area contributed by atoms with Crippen LogP contribution in [0.4, 0.5) is 0 Å². The van der Waals surface area contributed by atoms with E-state index in [9.17, 15) is 9.90 Å². The van der Waals surface area contributed by atoms with E-state index in [0.717, 1.165) is 23.6 Å². The average molecular weight is 294 g/mol. The molecule has 3 N–H and O–H groups in total. The van der Waals surface area contributed by atoms with E-state index in [1.165, 1.54) is 0 Å². The minimum Gasteiger partial charge on any atom is -0.480 e. The van der Waals surface area contributed by atoms with Gasteiger partial charge in [-0.1, -0.05) is 62.2 Å². The fourth-order valence-corrected chi connectivity index (χ4v) is 2.43. The number of carbonyl (C=O) groups is 1. The Kier molecular flexibility index (Phi) is 5.54. The van der Waals surface area contributed by atoms with E-state index in [1.807, 2.05) is 49.4 Å². The van der Waals surface area contributed by atoms with Gasteiger partial charge >= 0.3 is 5.97 Å². The molecule has 3 nitrogen and oxygen atoms in total. The van der Waals surface area contributed by atoms with Gasteiger partial charge in [-0.15, -0.1) is 12.4 Å². The Bertz CT molecular complexity index is 595. The molecule has 0 saturated heterocycles. The number of halogens is 1. The number of carboxylic acid groups (broad SMARTS) is 1. The topological polar surface area (TPSA) is 63.3 Å². The molecule has 1 unspecified atom stereocenters. The van der Waals surface area contributed by atoms with E-state index in [4.69, 9.17) is 5.73 Å². The first-order valence-corrected chi connectivity index (χ1v) is 6.60. The van der Waals surface area contributed by atoms with E-state index in [0.29, 0.717) is 12.0 Å². The van der Waals surface area contributed by atoms with Crippen molar-refractivity contribution in [1.29, 1.82) is 0 Å². The Hall–Kier alpha value is -1.58. The molecule has 20 heavy (non-hydrogen) atoms. The Balaban J connectivity index is 0.00000200. The van der Waals surface area contributed by atoms with E-state index in [2.05, 4.69) is 0 Å². The molecule has 0 fully saturated rings. The lowest BCUT2D eigenvalue weighted by atomic mass is 9.83. The van der Waals surface area contributed by atoms with Crippen molar-refractivity contribution in [2.75, 3.05) is 0 Å². The molecule has 108 valence electrons. The van der Waals surface area contributed by atoms with Gasteiger partial charge in [-0.25, -0.2) is 4.79 Å². The Morgan fingerprint density at radius 3 is 2.50 bits per heavy atom. The van der Waals surface area contributed by atoms with Crippen molar-refractivity contribution >= 4 is 29.1 Å². The van der Waals surface area contributed by atoms with Gasteiger partial charge in [0.2, 0.25) is 0 Å². The van der Waals surface area contributed by atoms with Crippen molar-refractivity contribution in [2.45, 2.75) is 31.7 Å². The van der Waals surface area contributed by atoms with E-state index in [-0.39, 0.29) is 12.4 Å². The Morgan fingerprint density at radius 2 is 1.85 bits per heavy atom. The van der Waals surface area contributed by atoms with Gasteiger partial charge in [0.05, 0.1) is 0 Å². The van der Waals surface area contributed by atoms with E-state index in [1.54, 1.807) is 0 Å². The molecule has 0 aliphatic rings. The first-order chi connectivity index (χ1) is 9.09. The minimum absolute atomic E-state index is 0. The highest BCUT2D eigenvalue weighted by molar-refractivity contribution is 5.92. The highest BCUT2D eigenvalue weighted by Crippen LogP contribution is 2.31. The molecular weight excluding hydrogens is 274 g/mol. The van der Waals surface area contributed by atoms with Crippen LogP contribution in [0.25, 0.3) is 10.8 Å². The second-order valence-corrected chi connectivity index (χ2v) is 4.91. The quantitative estimate of drug-likeness (QED) is 0.883. The average Bonchev–Trinajstić information content (AvgIpc) is 2.44. The smallest absolute Gasteiger partial charge is 0.328 e. The molecular formula is C16H20ClNO2. The highest BCUT2D eigenvalue weighted by Gasteiger charge is 2.36. The van der Waals surface area contributed by atoms with Crippen molar-refractivity contribution in [2.24, 2.45) is 5.73 Å². The Morgan fingerprint density at radius 1 is 1.20 bits per heavy atom. The van der Waals surface area contributed by atoms with Gasteiger partial charge in [-0.3, -0.25) is 0 Å². The van der Waals surface area contributed by atoms with Gasteiger partial charge in [-0.05, 0) is 22.8 Å². The zero-order chi connectivity index (χ0) is 13.9. The summed E-state index contributed by atoms with van der Waals surface area (Å²) in [6.07, 6.45) is 2.18. The molecule has 0 amide bonds. The standard InChI is InChI=1S/C16H19NO2.ClH/c1-2-3-11-16(17,15(18)19)14-10-6-8-12-7-4-5-9-13(12)14;/h4-10H,2-3,11,17H2,1H3,(H,18,19);1H. The van der Waals surface area contributed by atoms with Crippen molar-refractivity contribution < 1.29 is 9.90 Å². The van der Waals surface area contributed by atoms with E-state index < -0.39 is 11.5 Å². The summed E-state index contributed by atoms with van der Waals surface area (Å²) < 4.78 is 0. The summed E-state index contributed by atoms with van der Waals surface area (Å²) in [6, 6.07) is 13.4. The summed E-state index contributed by atoms with van der Waals surface area (Å²) in [5, 5.41) is 11.5. The second-order valence-electron chi connectivity index (χ2n) is 4.91. The molecule has 0 aliphatic carbocycles. The van der Waals surface area contributed by atoms with Crippen LogP contribution in [0.5, 0.6) is 0 Å². The third kappa shape index (κ3) is 2.94. The highest BCUT2D eigenvalue weighted by atomic mass is 35.5. The number of fused-ring (bicyclic) bond motifs is 1. The maximum Gasteiger partial charge on any atom is 0.328 e. The first kappa shape index (κ1) is 16.5. The van der Waals surface area contributed by atoms with Gasteiger partial charge in [0.15, 0.2) is 0 Å². The van der Waals surface area contributed by atoms with E-state index >= 15 is 0 Å². The zero-order valence-electron chi connectivity index (χ0n) is 11.5. The molecule has 0 heterocycles. The third-order valence-corrected chi connectivity index (χ3v) is 3.58. The van der Waals surface area contributed by atoms with Crippen LogP contribution in [0.3, 0.4) is 0 Å². The van der Waals surface area contributed by atoms with Crippen LogP contribution in [-0.2, 0) is 10.3 Å². The van der Waals surface area contributed by atoms with Gasteiger partial charge < -0.3 is 10.8 Å². The molecule has 1 atom stereocenters. The fourth-order valence-electron chi connectivity index (χ4n) is 2.43. The number of rotatable bonds is 5. The van der Waals surface area contributed by atoms with Crippen LogP contribution in [0.2, 0.25) is 0 Å². The number of carboxylic acids is 1. The predicted molar refractivity (Wildman–Crippen MR) is 84.2 cm³/mol. The second kappa shape index (κ2) is 6.73.